The van der Waals surface area contributed by atoms with Crippen LogP contribution in [0.15, 0.2) is 23.9 Å². The van der Waals surface area contributed by atoms with Crippen LogP contribution in [0.25, 0.3) is 0 Å². The molecule has 0 radical (unpaired) electrons. The van der Waals surface area contributed by atoms with E-state index in [1.807, 2.05) is 6.92 Å². The van der Waals surface area contributed by atoms with Crippen LogP contribution in [0.3, 0.4) is 0 Å². The Bertz CT molecular complexity index is 260. The van der Waals surface area contributed by atoms with Gasteiger partial charge in [-0.25, -0.2) is 0 Å². The molecule has 1 aliphatic carbocycles. The minimum atomic E-state index is 0.429. The van der Waals surface area contributed by atoms with E-state index < -0.39 is 0 Å². The quantitative estimate of drug-likeness (QED) is 0.532. The molecule has 0 spiro atoms. The summed E-state index contributed by atoms with van der Waals surface area (Å²) in [6.45, 7) is 1.89. The van der Waals surface area contributed by atoms with Crippen molar-refractivity contribution in [2.75, 3.05) is 14.1 Å². The standard InChI is InChI=1S/C11H15N/c1-4-5-10-6-8-11(9-7-10)12(2)3/h6,8-10H,7H2,1-3H3. The smallest absolute Gasteiger partial charge is 0.0421 e. The predicted molar refractivity (Wildman–Crippen MR) is 52.5 cm³/mol. The number of hydrogen-bond acceptors (Lipinski definition) is 1. The van der Waals surface area contributed by atoms with Gasteiger partial charge in [-0.1, -0.05) is 18.1 Å². The first kappa shape index (κ1) is 8.93. The van der Waals surface area contributed by atoms with Crippen LogP contribution in [0.5, 0.6) is 0 Å². The Morgan fingerprint density at radius 2 is 2.25 bits per heavy atom. The molecule has 0 saturated carbocycles. The maximum atomic E-state index is 3.14. The van der Waals surface area contributed by atoms with Crippen molar-refractivity contribution in [1.82, 2.24) is 4.90 Å². The first-order valence-corrected chi connectivity index (χ1v) is 4.22. The third kappa shape index (κ3) is 2.17. The number of nitrogens with zero attached hydrogens (tertiary/aromatic N) is 1. The van der Waals surface area contributed by atoms with E-state index in [-0.39, 0.29) is 0 Å². The molecule has 0 saturated heterocycles. The normalized spacial score (nSPS) is 20.9. The van der Waals surface area contributed by atoms with Gasteiger partial charge in [0.05, 0.1) is 0 Å². The van der Waals surface area contributed by atoms with Crippen molar-refractivity contribution in [2.24, 2.45) is 5.92 Å². The lowest BCUT2D eigenvalue weighted by atomic mass is 10.00. The Kier molecular flexibility index (Phi) is 2.99. The molecule has 12 heavy (non-hydrogen) atoms. The molecule has 1 rings (SSSR count). The SMILES string of the molecule is CC#CC1C=CC(N(C)C)=CC1. The van der Waals surface area contributed by atoms with Crippen LogP contribution in [-0.4, -0.2) is 19.0 Å². The molecule has 1 unspecified atom stereocenters. The first-order chi connectivity index (χ1) is 5.74. The van der Waals surface area contributed by atoms with Gasteiger partial charge < -0.3 is 4.90 Å². The van der Waals surface area contributed by atoms with Gasteiger partial charge in [0.2, 0.25) is 0 Å². The van der Waals surface area contributed by atoms with Crippen LogP contribution in [0, 0.1) is 17.8 Å². The Labute approximate surface area is 74.8 Å². The van der Waals surface area contributed by atoms with Crippen molar-refractivity contribution in [2.45, 2.75) is 13.3 Å². The third-order valence-corrected chi connectivity index (χ3v) is 1.93. The van der Waals surface area contributed by atoms with Gasteiger partial charge in [0, 0.05) is 25.7 Å². The minimum absolute atomic E-state index is 0.429. The summed E-state index contributed by atoms with van der Waals surface area (Å²) in [6.07, 6.45) is 7.59. The zero-order valence-electron chi connectivity index (χ0n) is 7.96. The van der Waals surface area contributed by atoms with Crippen molar-refractivity contribution in [3.8, 4) is 11.8 Å². The minimum Gasteiger partial charge on any atom is -0.378 e. The Morgan fingerprint density at radius 1 is 1.50 bits per heavy atom. The number of hydrogen-bond donors (Lipinski definition) is 0. The Hall–Kier alpha value is -1.16. The molecular formula is C11H15N. The van der Waals surface area contributed by atoms with E-state index in [1.54, 1.807) is 0 Å². The van der Waals surface area contributed by atoms with Gasteiger partial charge in [0.25, 0.3) is 0 Å². The van der Waals surface area contributed by atoms with Gasteiger partial charge in [-0.15, -0.1) is 5.92 Å². The van der Waals surface area contributed by atoms with Crippen LogP contribution in [-0.2, 0) is 0 Å². The van der Waals surface area contributed by atoms with Gasteiger partial charge >= 0.3 is 0 Å². The average Bonchev–Trinajstić information content (AvgIpc) is 2.06. The topological polar surface area (TPSA) is 3.24 Å². The van der Waals surface area contributed by atoms with E-state index in [0.29, 0.717) is 5.92 Å². The monoisotopic (exact) mass is 161 g/mol. The van der Waals surface area contributed by atoms with Gasteiger partial charge in [-0.05, 0) is 19.4 Å². The molecular weight excluding hydrogens is 146 g/mol. The largest absolute Gasteiger partial charge is 0.378 e. The van der Waals surface area contributed by atoms with Crippen molar-refractivity contribution in [3.05, 3.63) is 23.9 Å². The Morgan fingerprint density at radius 3 is 2.67 bits per heavy atom. The summed E-state index contributed by atoms with van der Waals surface area (Å²) in [6, 6.07) is 0. The van der Waals surface area contributed by atoms with Crippen LogP contribution in [0.2, 0.25) is 0 Å². The van der Waals surface area contributed by atoms with Crippen molar-refractivity contribution in [1.29, 1.82) is 0 Å². The highest BCUT2D eigenvalue weighted by atomic mass is 15.1. The highest BCUT2D eigenvalue weighted by molar-refractivity contribution is 5.26. The molecule has 0 aromatic rings. The molecule has 1 atom stereocenters. The van der Waals surface area contributed by atoms with Gasteiger partial charge in [-0.2, -0.15) is 0 Å². The van der Waals surface area contributed by atoms with E-state index in [4.69, 9.17) is 0 Å². The fourth-order valence-electron chi connectivity index (χ4n) is 1.23. The third-order valence-electron chi connectivity index (χ3n) is 1.93. The van der Waals surface area contributed by atoms with Crippen molar-refractivity contribution < 1.29 is 0 Å². The lowest BCUT2D eigenvalue weighted by molar-refractivity contribution is 0.520. The molecule has 0 aromatic carbocycles. The van der Waals surface area contributed by atoms with E-state index in [2.05, 4.69) is 49.1 Å². The average molecular weight is 161 g/mol. The maximum Gasteiger partial charge on any atom is 0.0421 e. The number of rotatable bonds is 1. The summed E-state index contributed by atoms with van der Waals surface area (Å²) in [5, 5.41) is 0. The van der Waals surface area contributed by atoms with E-state index in [9.17, 15) is 0 Å². The lowest BCUT2D eigenvalue weighted by Gasteiger charge is -2.18. The highest BCUT2D eigenvalue weighted by Gasteiger charge is 2.05. The fraction of sp³-hybridized carbons (Fsp3) is 0.455. The van der Waals surface area contributed by atoms with Crippen molar-refractivity contribution >= 4 is 0 Å². The maximum absolute atomic E-state index is 3.14. The second-order valence-corrected chi connectivity index (χ2v) is 3.12. The molecule has 1 heteroatoms. The molecule has 0 aromatic heterocycles. The summed E-state index contributed by atoms with van der Waals surface area (Å²) in [5.74, 6) is 6.51. The second kappa shape index (κ2) is 4.01. The van der Waals surface area contributed by atoms with Crippen molar-refractivity contribution in [3.63, 3.8) is 0 Å². The zero-order valence-corrected chi connectivity index (χ0v) is 7.96. The number of allylic oxidation sites excluding steroid dienone is 3. The summed E-state index contributed by atoms with van der Waals surface area (Å²) in [7, 11) is 4.12. The van der Waals surface area contributed by atoms with Crippen LogP contribution >= 0.6 is 0 Å². The molecule has 0 fully saturated rings. The molecule has 0 bridgehead atoms. The molecule has 0 amide bonds. The summed E-state index contributed by atoms with van der Waals surface area (Å²) < 4.78 is 0. The van der Waals surface area contributed by atoms with Crippen LogP contribution in [0.1, 0.15) is 13.3 Å². The Balaban J connectivity index is 2.59. The molecule has 1 aliphatic rings. The summed E-state index contributed by atoms with van der Waals surface area (Å²) in [5.41, 5.74) is 1.28. The zero-order chi connectivity index (χ0) is 8.97. The molecule has 0 heterocycles. The van der Waals surface area contributed by atoms with E-state index in [0.717, 1.165) is 6.42 Å². The van der Waals surface area contributed by atoms with Gasteiger partial charge in [0.1, 0.15) is 0 Å². The van der Waals surface area contributed by atoms with E-state index in [1.165, 1.54) is 5.70 Å². The number of likely N-dealkylation sites (N-methyl/N-ethyl adjacent to an activating group) is 1. The first-order valence-electron chi connectivity index (χ1n) is 4.22. The summed E-state index contributed by atoms with van der Waals surface area (Å²) in [4.78, 5) is 2.12. The van der Waals surface area contributed by atoms with Crippen LogP contribution < -0.4 is 0 Å². The molecule has 1 nitrogen and oxygen atoms in total. The molecule has 0 N–H and O–H groups in total. The van der Waals surface area contributed by atoms with E-state index >= 15 is 0 Å². The van der Waals surface area contributed by atoms with Crippen LogP contribution in [0.4, 0.5) is 0 Å². The van der Waals surface area contributed by atoms with Gasteiger partial charge in [-0.3, -0.25) is 0 Å². The lowest BCUT2D eigenvalue weighted by Crippen LogP contribution is -2.12. The highest BCUT2D eigenvalue weighted by Crippen LogP contribution is 2.16. The molecule has 0 aliphatic heterocycles. The second-order valence-electron chi connectivity index (χ2n) is 3.12. The fourth-order valence-corrected chi connectivity index (χ4v) is 1.23. The van der Waals surface area contributed by atoms with Gasteiger partial charge in [0.15, 0.2) is 0 Å². The predicted octanol–water partition coefficient (Wildman–Crippen LogP) is 2.03. The molecule has 64 valence electrons. The summed E-state index contributed by atoms with van der Waals surface area (Å²) >= 11 is 0.